The van der Waals surface area contributed by atoms with E-state index in [1.807, 2.05) is 0 Å². The molecule has 0 aliphatic heterocycles. The molecule has 1 atom stereocenters. The van der Waals surface area contributed by atoms with Gasteiger partial charge >= 0.3 is 6.09 Å². The van der Waals surface area contributed by atoms with Crippen molar-refractivity contribution in [2.24, 2.45) is 20.0 Å². The lowest BCUT2D eigenvalue weighted by Gasteiger charge is -2.17. The van der Waals surface area contributed by atoms with Gasteiger partial charge in [0.05, 0.1) is 13.1 Å². The van der Waals surface area contributed by atoms with Crippen LogP contribution in [0, 0.1) is 0 Å². The molecule has 0 saturated carbocycles. The molecule has 0 aromatic carbocycles. The second kappa shape index (κ2) is 28.2. The Morgan fingerprint density at radius 1 is 0.947 bits per heavy atom. The number of carbonyl (C=O) groups excluding carboxylic acids is 3. The van der Waals surface area contributed by atoms with Crippen LogP contribution in [0.1, 0.15) is 84.0 Å². The Kier molecular flexibility index (Phi) is 25.8. The third-order valence-electron chi connectivity index (χ3n) is 5.15. The van der Waals surface area contributed by atoms with Gasteiger partial charge < -0.3 is 19.7 Å². The topological polar surface area (TPSA) is 144 Å². The zero-order valence-electron chi connectivity index (χ0n) is 22.7. The van der Waals surface area contributed by atoms with Gasteiger partial charge in [-0.05, 0) is 38.5 Å². The summed E-state index contributed by atoms with van der Waals surface area (Å²) in [4.78, 5) is 58.8. The second-order valence-electron chi connectivity index (χ2n) is 8.35. The Labute approximate surface area is 226 Å². The molecule has 0 aromatic rings. The summed E-state index contributed by atoms with van der Waals surface area (Å²) < 4.78 is 4.86. The van der Waals surface area contributed by atoms with Gasteiger partial charge in [-0.1, -0.05) is 58.1 Å². The van der Waals surface area contributed by atoms with Gasteiger partial charge in [0.15, 0.2) is 6.17 Å². The van der Waals surface area contributed by atoms with Crippen LogP contribution < -0.4 is 5.32 Å². The lowest BCUT2D eigenvalue weighted by Crippen LogP contribution is -2.26. The standard InChI is InChI=1S/C26H44N6O6/c1-3-5-10-15-25(30-22-34)31-24-38-32(37-23-28-17-12-7-6-11-16-27-21-33)19-14-9-8-13-18-29-26(35)36-20-4-2/h4,23-25H,2-3,5-20H2,1H3,(H,29,35). The van der Waals surface area contributed by atoms with Crippen molar-refractivity contribution in [1.82, 2.24) is 10.5 Å². The van der Waals surface area contributed by atoms with Crippen molar-refractivity contribution in [3.8, 4) is 0 Å². The molecule has 0 heterocycles. The third kappa shape index (κ3) is 24.4. The van der Waals surface area contributed by atoms with Crippen molar-refractivity contribution in [3.05, 3.63) is 12.7 Å². The smallest absolute Gasteiger partial charge is 0.407 e. The molecule has 0 saturated heterocycles. The van der Waals surface area contributed by atoms with Crippen molar-refractivity contribution in [3.63, 3.8) is 0 Å². The fourth-order valence-corrected chi connectivity index (χ4v) is 3.12. The van der Waals surface area contributed by atoms with E-state index in [0.29, 0.717) is 32.6 Å². The fraction of sp³-hybridized carbons (Fsp3) is 0.731. The van der Waals surface area contributed by atoms with E-state index in [9.17, 15) is 14.4 Å². The number of carbonyl (C=O) groups is 1. The van der Waals surface area contributed by atoms with Crippen LogP contribution in [0.5, 0.6) is 0 Å². The monoisotopic (exact) mass is 536 g/mol. The number of amides is 1. The Morgan fingerprint density at radius 3 is 2.42 bits per heavy atom. The zero-order chi connectivity index (χ0) is 27.9. The van der Waals surface area contributed by atoms with E-state index in [-0.39, 0.29) is 6.61 Å². The Hall–Kier alpha value is -3.33. The van der Waals surface area contributed by atoms with Gasteiger partial charge in [0, 0.05) is 18.3 Å². The summed E-state index contributed by atoms with van der Waals surface area (Å²) in [7, 11) is 0. The molecule has 1 N–H and O–H groups in total. The molecule has 12 heteroatoms. The van der Waals surface area contributed by atoms with E-state index in [1.165, 1.54) is 30.2 Å². The van der Waals surface area contributed by atoms with Gasteiger partial charge in [0.2, 0.25) is 25.0 Å². The van der Waals surface area contributed by atoms with Gasteiger partial charge in [-0.15, -0.1) is 0 Å². The highest BCUT2D eigenvalue weighted by Crippen LogP contribution is 2.08. The molecule has 38 heavy (non-hydrogen) atoms. The molecular formula is C26H44N6O6. The molecule has 1 amide bonds. The molecule has 0 radical (unpaired) electrons. The van der Waals surface area contributed by atoms with Crippen LogP contribution in [-0.2, 0) is 24.0 Å². The maximum atomic E-state index is 11.4. The zero-order valence-corrected chi connectivity index (χ0v) is 22.7. The van der Waals surface area contributed by atoms with Crippen LogP contribution >= 0.6 is 0 Å². The van der Waals surface area contributed by atoms with Crippen LogP contribution in [0.2, 0.25) is 0 Å². The molecule has 0 bridgehead atoms. The summed E-state index contributed by atoms with van der Waals surface area (Å²) in [6.45, 7) is 7.90. The van der Waals surface area contributed by atoms with Gasteiger partial charge in [0.1, 0.15) is 6.61 Å². The minimum Gasteiger partial charge on any atom is -0.445 e. The second-order valence-corrected chi connectivity index (χ2v) is 8.35. The van der Waals surface area contributed by atoms with Crippen LogP contribution in [0.3, 0.4) is 0 Å². The Morgan fingerprint density at radius 2 is 1.68 bits per heavy atom. The number of aliphatic imine (C=N–C) groups is 4. The summed E-state index contributed by atoms with van der Waals surface area (Å²) in [6, 6.07) is 0. The number of nitrogens with one attached hydrogen (secondary N) is 1. The number of unbranched alkanes of at least 4 members (excludes halogenated alkanes) is 8. The highest BCUT2D eigenvalue weighted by atomic mass is 16.9. The first-order valence-corrected chi connectivity index (χ1v) is 13.4. The average Bonchev–Trinajstić information content (AvgIpc) is 2.92. The predicted octanol–water partition coefficient (Wildman–Crippen LogP) is 4.82. The van der Waals surface area contributed by atoms with Crippen LogP contribution in [0.4, 0.5) is 4.79 Å². The van der Waals surface area contributed by atoms with Crippen molar-refractivity contribution in [2.75, 3.05) is 32.8 Å². The first-order valence-electron chi connectivity index (χ1n) is 13.4. The number of alkyl carbamates (subject to hydrolysis) is 1. The number of hydroxylamine groups is 2. The summed E-state index contributed by atoms with van der Waals surface area (Å²) in [5.41, 5.74) is 0. The highest BCUT2D eigenvalue weighted by molar-refractivity contribution is 5.67. The fourth-order valence-electron chi connectivity index (χ4n) is 3.12. The van der Waals surface area contributed by atoms with Gasteiger partial charge in [-0.3, -0.25) is 4.99 Å². The number of hydrogen-bond acceptors (Lipinski definition) is 11. The molecule has 0 aliphatic carbocycles. The summed E-state index contributed by atoms with van der Waals surface area (Å²) >= 11 is 0. The summed E-state index contributed by atoms with van der Waals surface area (Å²) in [6.07, 6.45) is 16.9. The summed E-state index contributed by atoms with van der Waals surface area (Å²) in [5, 5.41) is 3.97. The number of rotatable bonds is 26. The summed E-state index contributed by atoms with van der Waals surface area (Å²) in [5.74, 6) is 0. The van der Waals surface area contributed by atoms with Crippen molar-refractivity contribution < 1.29 is 28.8 Å². The lowest BCUT2D eigenvalue weighted by atomic mass is 10.2. The average molecular weight is 537 g/mol. The minimum atomic E-state index is -0.530. The molecular weight excluding hydrogens is 492 g/mol. The quantitative estimate of drug-likeness (QED) is 0.0417. The van der Waals surface area contributed by atoms with E-state index < -0.39 is 12.3 Å². The number of isocyanates is 2. The van der Waals surface area contributed by atoms with Gasteiger partial charge in [-0.25, -0.2) is 24.4 Å². The molecule has 0 aliphatic rings. The largest absolute Gasteiger partial charge is 0.445 e. The maximum absolute atomic E-state index is 11.4. The van der Waals surface area contributed by atoms with Crippen LogP contribution in [0.15, 0.2) is 32.6 Å². The molecule has 214 valence electrons. The third-order valence-corrected chi connectivity index (χ3v) is 5.15. The Balaban J connectivity index is 4.47. The van der Waals surface area contributed by atoms with E-state index in [4.69, 9.17) is 14.4 Å². The normalized spacial score (nSPS) is 11.6. The van der Waals surface area contributed by atoms with E-state index in [0.717, 1.165) is 70.6 Å². The number of ether oxygens (including phenoxy) is 1. The van der Waals surface area contributed by atoms with E-state index in [1.54, 1.807) is 6.08 Å². The molecule has 12 nitrogen and oxygen atoms in total. The Bertz CT molecular complexity index is 751. The highest BCUT2D eigenvalue weighted by Gasteiger charge is 2.07. The maximum Gasteiger partial charge on any atom is 0.407 e. The number of hydrogen-bond donors (Lipinski definition) is 1. The van der Waals surface area contributed by atoms with Crippen molar-refractivity contribution in [2.45, 2.75) is 90.1 Å². The molecule has 0 aromatic heterocycles. The van der Waals surface area contributed by atoms with Crippen LogP contribution in [-0.4, -0.2) is 75.2 Å². The van der Waals surface area contributed by atoms with E-state index in [2.05, 4.69) is 38.8 Å². The SMILES string of the molecule is C=CCOC(=O)NCCCCCCN(OC=NCCCCCCN=C=O)OC=NC(CCCCC)N=C=O. The molecule has 0 fully saturated rings. The lowest BCUT2D eigenvalue weighted by molar-refractivity contribution is -0.271. The first kappa shape index (κ1) is 34.7. The van der Waals surface area contributed by atoms with Crippen LogP contribution in [0.25, 0.3) is 0 Å². The predicted molar refractivity (Wildman–Crippen MR) is 146 cm³/mol. The molecule has 0 spiro atoms. The minimum absolute atomic E-state index is 0.188. The van der Waals surface area contributed by atoms with Crippen molar-refractivity contribution in [1.29, 1.82) is 0 Å². The van der Waals surface area contributed by atoms with Crippen molar-refractivity contribution >= 4 is 31.1 Å². The van der Waals surface area contributed by atoms with Gasteiger partial charge in [0.25, 0.3) is 0 Å². The van der Waals surface area contributed by atoms with E-state index >= 15 is 0 Å². The number of nitrogens with zero attached hydrogens (tertiary/aromatic N) is 5. The molecule has 1 unspecified atom stereocenters. The molecule has 0 rings (SSSR count). The first-order chi connectivity index (χ1) is 18.7. The van der Waals surface area contributed by atoms with Gasteiger partial charge in [-0.2, -0.15) is 4.99 Å².